The van der Waals surface area contributed by atoms with E-state index in [4.69, 9.17) is 9.72 Å². The number of aliphatic hydroxyl groups excluding tert-OH is 1. The molecule has 7 heteroatoms. The molecule has 1 aliphatic carbocycles. The van der Waals surface area contributed by atoms with Gasteiger partial charge in [-0.1, -0.05) is 13.0 Å². The predicted octanol–water partition coefficient (Wildman–Crippen LogP) is 5.55. The Labute approximate surface area is 204 Å². The van der Waals surface area contributed by atoms with Crippen molar-refractivity contribution in [3.63, 3.8) is 0 Å². The highest BCUT2D eigenvalue weighted by Crippen LogP contribution is 2.43. The molecule has 2 aromatic heterocycles. The quantitative estimate of drug-likeness (QED) is 0.229. The molecule has 2 atom stereocenters. The fraction of sp³-hybridized carbons (Fsp3) is 0.429. The first-order valence-electron chi connectivity index (χ1n) is 12.5. The van der Waals surface area contributed by atoms with Crippen LogP contribution in [0.4, 0.5) is 4.39 Å². The van der Waals surface area contributed by atoms with Gasteiger partial charge >= 0.3 is 0 Å². The van der Waals surface area contributed by atoms with E-state index < -0.39 is 6.23 Å². The zero-order valence-corrected chi connectivity index (χ0v) is 20.3. The summed E-state index contributed by atoms with van der Waals surface area (Å²) in [5.74, 6) is 2.07. The number of H-pyrrole nitrogens is 1. The number of ether oxygens (including phenoxy) is 1. The van der Waals surface area contributed by atoms with Crippen LogP contribution in [0, 0.1) is 11.7 Å². The predicted molar refractivity (Wildman–Crippen MR) is 136 cm³/mol. The third-order valence-corrected chi connectivity index (χ3v) is 7.57. The van der Waals surface area contributed by atoms with Gasteiger partial charge in [0.15, 0.2) is 0 Å². The number of pyridine rings is 1. The fourth-order valence-corrected chi connectivity index (χ4v) is 5.50. The number of aliphatic hydroxyl groups is 1. The van der Waals surface area contributed by atoms with Crippen molar-refractivity contribution in [3.8, 4) is 0 Å². The maximum Gasteiger partial charge on any atom is 0.131 e. The first-order valence-corrected chi connectivity index (χ1v) is 12.5. The van der Waals surface area contributed by atoms with E-state index in [9.17, 15) is 9.50 Å². The molecule has 1 saturated carbocycles. The number of hydrogen-bond donors (Lipinski definition) is 3. The second kappa shape index (κ2) is 10.4. The van der Waals surface area contributed by atoms with Gasteiger partial charge in [0.25, 0.3) is 0 Å². The van der Waals surface area contributed by atoms with Crippen molar-refractivity contribution in [1.82, 2.24) is 20.3 Å². The average molecular weight is 477 g/mol. The molecule has 0 amide bonds. The van der Waals surface area contributed by atoms with E-state index in [1.165, 1.54) is 11.6 Å². The van der Waals surface area contributed by atoms with Crippen LogP contribution in [0.5, 0.6) is 0 Å². The normalized spacial score (nSPS) is 20.3. The molecule has 35 heavy (non-hydrogen) atoms. The molecule has 1 fully saturated rings. The van der Waals surface area contributed by atoms with Crippen molar-refractivity contribution < 1.29 is 14.2 Å². The molecule has 2 heterocycles. The average Bonchev–Trinajstić information content (AvgIpc) is 3.31. The highest BCUT2D eigenvalue weighted by Gasteiger charge is 2.29. The molecule has 5 rings (SSSR count). The lowest BCUT2D eigenvalue weighted by atomic mass is 9.73. The van der Waals surface area contributed by atoms with Crippen LogP contribution >= 0.6 is 0 Å². The SMILES string of the molecule is COCCNC(O)c1ccc2nc(C(C)C3CCC(c4ccnc5ccc(F)cc45)CC3)[nH]c2c1. The van der Waals surface area contributed by atoms with Crippen molar-refractivity contribution in [1.29, 1.82) is 0 Å². The van der Waals surface area contributed by atoms with E-state index in [0.29, 0.717) is 30.9 Å². The number of nitrogens with zero attached hydrogens (tertiary/aromatic N) is 2. The van der Waals surface area contributed by atoms with Crippen LogP contribution in [-0.4, -0.2) is 40.3 Å². The van der Waals surface area contributed by atoms with Gasteiger partial charge in [0, 0.05) is 31.2 Å². The monoisotopic (exact) mass is 476 g/mol. The van der Waals surface area contributed by atoms with Gasteiger partial charge in [0.2, 0.25) is 0 Å². The number of nitrogens with one attached hydrogen (secondary N) is 2. The topological polar surface area (TPSA) is 83.1 Å². The van der Waals surface area contributed by atoms with E-state index in [-0.39, 0.29) is 5.82 Å². The lowest BCUT2D eigenvalue weighted by Crippen LogP contribution is -2.24. The minimum atomic E-state index is -0.744. The summed E-state index contributed by atoms with van der Waals surface area (Å²) in [7, 11) is 1.64. The molecule has 0 bridgehead atoms. The summed E-state index contributed by atoms with van der Waals surface area (Å²) < 4.78 is 18.9. The minimum absolute atomic E-state index is 0.208. The Kier molecular flexibility index (Phi) is 7.09. The van der Waals surface area contributed by atoms with Crippen LogP contribution in [0.25, 0.3) is 21.9 Å². The molecule has 1 aliphatic rings. The molecule has 0 saturated heterocycles. The van der Waals surface area contributed by atoms with Crippen molar-refractivity contribution in [2.24, 2.45) is 5.92 Å². The minimum Gasteiger partial charge on any atom is -0.383 e. The third kappa shape index (κ3) is 5.08. The van der Waals surface area contributed by atoms with E-state index in [1.807, 2.05) is 24.4 Å². The number of rotatable bonds is 8. The summed E-state index contributed by atoms with van der Waals surface area (Å²) >= 11 is 0. The van der Waals surface area contributed by atoms with Crippen LogP contribution in [0.2, 0.25) is 0 Å². The molecule has 2 aromatic carbocycles. The van der Waals surface area contributed by atoms with E-state index in [1.54, 1.807) is 19.2 Å². The number of benzene rings is 2. The van der Waals surface area contributed by atoms with Gasteiger partial charge in [-0.25, -0.2) is 9.37 Å². The number of fused-ring (bicyclic) bond motifs is 2. The van der Waals surface area contributed by atoms with Gasteiger partial charge in [-0.15, -0.1) is 0 Å². The number of aromatic nitrogens is 3. The Morgan fingerprint density at radius 2 is 1.91 bits per heavy atom. The Morgan fingerprint density at radius 3 is 2.71 bits per heavy atom. The number of imidazole rings is 1. The molecule has 0 spiro atoms. The second-order valence-corrected chi connectivity index (χ2v) is 9.71. The van der Waals surface area contributed by atoms with Crippen molar-refractivity contribution in [2.75, 3.05) is 20.3 Å². The van der Waals surface area contributed by atoms with Gasteiger partial charge in [-0.3, -0.25) is 10.3 Å². The number of aromatic amines is 1. The molecule has 3 N–H and O–H groups in total. The second-order valence-electron chi connectivity index (χ2n) is 9.71. The molecule has 0 aliphatic heterocycles. The molecule has 4 aromatic rings. The lowest BCUT2D eigenvalue weighted by Gasteiger charge is -2.32. The van der Waals surface area contributed by atoms with Gasteiger partial charge < -0.3 is 14.8 Å². The first kappa shape index (κ1) is 23.9. The summed E-state index contributed by atoms with van der Waals surface area (Å²) in [4.78, 5) is 12.8. The highest BCUT2D eigenvalue weighted by molar-refractivity contribution is 5.82. The Bertz CT molecular complexity index is 1300. The lowest BCUT2D eigenvalue weighted by molar-refractivity contribution is 0.119. The van der Waals surface area contributed by atoms with Gasteiger partial charge in [-0.05, 0) is 85.0 Å². The molecule has 2 unspecified atom stereocenters. The van der Waals surface area contributed by atoms with Crippen LogP contribution in [0.3, 0.4) is 0 Å². The van der Waals surface area contributed by atoms with Crippen molar-refractivity contribution in [2.45, 2.75) is 50.7 Å². The molecular formula is C28H33FN4O2. The first-order chi connectivity index (χ1) is 17.0. The van der Waals surface area contributed by atoms with Crippen LogP contribution in [-0.2, 0) is 4.74 Å². The number of methoxy groups -OCH3 is 1. The number of halogens is 1. The summed E-state index contributed by atoms with van der Waals surface area (Å²) in [6.45, 7) is 3.37. The molecule has 6 nitrogen and oxygen atoms in total. The fourth-order valence-electron chi connectivity index (χ4n) is 5.50. The van der Waals surface area contributed by atoms with E-state index >= 15 is 0 Å². The third-order valence-electron chi connectivity index (χ3n) is 7.57. The Morgan fingerprint density at radius 1 is 1.11 bits per heavy atom. The standard InChI is InChI=1S/C28H33FN4O2/c1-17(27-32-25-9-7-20(15-26(25)33-27)28(34)31-13-14-35-2)18-3-5-19(6-4-18)22-11-12-30-24-10-8-21(29)16-23(22)24/h7-12,15-19,28,31,34H,3-6,13-14H2,1-2H3,(H,32,33). The summed E-state index contributed by atoms with van der Waals surface area (Å²) in [6.07, 6.45) is 5.47. The highest BCUT2D eigenvalue weighted by atomic mass is 19.1. The van der Waals surface area contributed by atoms with Gasteiger partial charge in [0.1, 0.15) is 17.9 Å². The Hall–Kier alpha value is -2.87. The van der Waals surface area contributed by atoms with Crippen LogP contribution in [0.1, 0.15) is 67.6 Å². The van der Waals surface area contributed by atoms with Crippen molar-refractivity contribution >= 4 is 21.9 Å². The molecule has 0 radical (unpaired) electrons. The summed E-state index contributed by atoms with van der Waals surface area (Å²) in [5.41, 5.74) is 4.74. The van der Waals surface area contributed by atoms with E-state index in [0.717, 1.165) is 59.0 Å². The zero-order chi connectivity index (χ0) is 24.4. The van der Waals surface area contributed by atoms with Crippen LogP contribution < -0.4 is 5.32 Å². The molecular weight excluding hydrogens is 443 g/mol. The molecule has 184 valence electrons. The Balaban J connectivity index is 1.26. The van der Waals surface area contributed by atoms with Gasteiger partial charge in [0.05, 0.1) is 23.2 Å². The number of hydrogen-bond acceptors (Lipinski definition) is 5. The summed E-state index contributed by atoms with van der Waals surface area (Å²) in [5, 5.41) is 14.4. The van der Waals surface area contributed by atoms with E-state index in [2.05, 4.69) is 28.3 Å². The maximum atomic E-state index is 13.9. The summed E-state index contributed by atoms with van der Waals surface area (Å²) in [6, 6.07) is 12.8. The van der Waals surface area contributed by atoms with Gasteiger partial charge in [-0.2, -0.15) is 0 Å². The zero-order valence-electron chi connectivity index (χ0n) is 20.3. The van der Waals surface area contributed by atoms with Crippen LogP contribution in [0.15, 0.2) is 48.7 Å². The maximum absolute atomic E-state index is 13.9. The smallest absolute Gasteiger partial charge is 0.131 e. The largest absolute Gasteiger partial charge is 0.383 e. The van der Waals surface area contributed by atoms with Crippen molar-refractivity contribution in [3.05, 3.63) is 71.4 Å².